The van der Waals surface area contributed by atoms with Crippen LogP contribution >= 0.6 is 12.6 Å². The Morgan fingerprint density at radius 3 is 2.65 bits per heavy atom. The largest absolute Gasteiger partial charge is 0.337 e. The number of hydrogen-bond donors (Lipinski definition) is 1. The van der Waals surface area contributed by atoms with E-state index in [4.69, 9.17) is 0 Å². The van der Waals surface area contributed by atoms with Gasteiger partial charge in [0.25, 0.3) is 0 Å². The van der Waals surface area contributed by atoms with Crippen molar-refractivity contribution >= 4 is 28.4 Å². The number of amides is 1. The van der Waals surface area contributed by atoms with Crippen molar-refractivity contribution in [2.45, 2.75) is 24.6 Å². The van der Waals surface area contributed by atoms with Gasteiger partial charge in [0.15, 0.2) is 9.84 Å². The standard InChI is InChI=1S/C14H19NO3S2/c1-11-10-20(17,18)8-7-15(11)14(16)13(19)9-12-5-3-2-4-6-12/h2-6,11,13,19H,7-10H2,1H3. The fraction of sp³-hybridized carbons (Fsp3) is 0.500. The maximum atomic E-state index is 12.4. The van der Waals surface area contributed by atoms with Crippen molar-refractivity contribution in [1.82, 2.24) is 4.90 Å². The molecule has 6 heteroatoms. The average molecular weight is 313 g/mol. The lowest BCUT2D eigenvalue weighted by molar-refractivity contribution is -0.132. The molecule has 0 aliphatic carbocycles. The quantitative estimate of drug-likeness (QED) is 0.853. The molecule has 1 amide bonds. The summed E-state index contributed by atoms with van der Waals surface area (Å²) >= 11 is 4.39. The van der Waals surface area contributed by atoms with Gasteiger partial charge in [-0.1, -0.05) is 30.3 Å². The van der Waals surface area contributed by atoms with Crippen LogP contribution in [0.25, 0.3) is 0 Å². The first-order valence-corrected chi connectivity index (χ1v) is 8.96. The van der Waals surface area contributed by atoms with E-state index in [0.29, 0.717) is 6.42 Å². The van der Waals surface area contributed by atoms with Gasteiger partial charge in [-0.2, -0.15) is 12.6 Å². The van der Waals surface area contributed by atoms with Crippen molar-refractivity contribution in [2.24, 2.45) is 0 Å². The van der Waals surface area contributed by atoms with Crippen molar-refractivity contribution in [3.63, 3.8) is 0 Å². The smallest absolute Gasteiger partial charge is 0.236 e. The molecule has 1 heterocycles. The average Bonchev–Trinajstić information content (AvgIpc) is 2.38. The molecule has 0 aromatic heterocycles. The third-order valence-electron chi connectivity index (χ3n) is 3.51. The highest BCUT2D eigenvalue weighted by Gasteiger charge is 2.33. The molecule has 0 radical (unpaired) electrons. The second kappa shape index (κ2) is 6.18. The van der Waals surface area contributed by atoms with Crippen LogP contribution in [-0.2, 0) is 21.1 Å². The summed E-state index contributed by atoms with van der Waals surface area (Å²) in [6.07, 6.45) is 0.554. The van der Waals surface area contributed by atoms with E-state index in [-0.39, 0.29) is 30.0 Å². The van der Waals surface area contributed by atoms with Crippen LogP contribution in [0.1, 0.15) is 12.5 Å². The topological polar surface area (TPSA) is 54.5 Å². The maximum Gasteiger partial charge on any atom is 0.236 e. The molecule has 1 aliphatic heterocycles. The monoisotopic (exact) mass is 313 g/mol. The molecule has 1 fully saturated rings. The maximum absolute atomic E-state index is 12.4. The highest BCUT2D eigenvalue weighted by Crippen LogP contribution is 2.17. The second-order valence-electron chi connectivity index (χ2n) is 5.20. The van der Waals surface area contributed by atoms with Crippen molar-refractivity contribution < 1.29 is 13.2 Å². The summed E-state index contributed by atoms with van der Waals surface area (Å²) in [5, 5.41) is -0.430. The number of hydrogen-bond acceptors (Lipinski definition) is 4. The zero-order valence-electron chi connectivity index (χ0n) is 11.4. The highest BCUT2D eigenvalue weighted by molar-refractivity contribution is 7.91. The summed E-state index contributed by atoms with van der Waals surface area (Å²) in [5.41, 5.74) is 1.05. The Morgan fingerprint density at radius 2 is 2.05 bits per heavy atom. The molecular formula is C14H19NO3S2. The number of carbonyl (C=O) groups excluding carboxylic acids is 1. The highest BCUT2D eigenvalue weighted by atomic mass is 32.2. The number of nitrogens with zero attached hydrogens (tertiary/aromatic N) is 1. The number of sulfone groups is 1. The molecule has 0 bridgehead atoms. The molecule has 2 atom stereocenters. The van der Waals surface area contributed by atoms with Gasteiger partial charge in [-0.3, -0.25) is 4.79 Å². The van der Waals surface area contributed by atoms with E-state index < -0.39 is 15.1 Å². The van der Waals surface area contributed by atoms with Crippen LogP contribution in [0.4, 0.5) is 0 Å². The molecule has 2 unspecified atom stereocenters. The van der Waals surface area contributed by atoms with E-state index in [1.165, 1.54) is 0 Å². The van der Waals surface area contributed by atoms with Crippen LogP contribution < -0.4 is 0 Å². The lowest BCUT2D eigenvalue weighted by Crippen LogP contribution is -2.52. The van der Waals surface area contributed by atoms with Gasteiger partial charge in [0.2, 0.25) is 5.91 Å². The Hall–Kier alpha value is -1.01. The lowest BCUT2D eigenvalue weighted by atomic mass is 10.1. The van der Waals surface area contributed by atoms with E-state index in [1.807, 2.05) is 30.3 Å². The summed E-state index contributed by atoms with van der Waals surface area (Å²) in [6.45, 7) is 2.05. The third-order valence-corrected chi connectivity index (χ3v) is 5.71. The molecule has 20 heavy (non-hydrogen) atoms. The molecule has 0 spiro atoms. The van der Waals surface area contributed by atoms with E-state index in [2.05, 4.69) is 12.6 Å². The van der Waals surface area contributed by atoms with Crippen molar-refractivity contribution in [3.8, 4) is 0 Å². The van der Waals surface area contributed by atoms with Crippen LogP contribution in [0, 0.1) is 0 Å². The minimum Gasteiger partial charge on any atom is -0.337 e. The molecular weight excluding hydrogens is 294 g/mol. The Labute approximate surface area is 125 Å². The van der Waals surface area contributed by atoms with Gasteiger partial charge in [-0.05, 0) is 18.9 Å². The molecule has 1 saturated heterocycles. The summed E-state index contributed by atoms with van der Waals surface area (Å²) in [4.78, 5) is 14.0. The Bertz CT molecular complexity index is 571. The van der Waals surface area contributed by atoms with Crippen LogP contribution in [0.2, 0.25) is 0 Å². The van der Waals surface area contributed by atoms with Gasteiger partial charge in [0.1, 0.15) is 0 Å². The predicted octanol–water partition coefficient (Wildman–Crippen LogP) is 1.17. The number of rotatable bonds is 3. The molecule has 110 valence electrons. The Kier molecular flexibility index (Phi) is 4.75. The Morgan fingerprint density at radius 1 is 1.40 bits per heavy atom. The fourth-order valence-electron chi connectivity index (χ4n) is 2.44. The normalized spacial score (nSPS) is 23.3. The fourth-order valence-corrected chi connectivity index (χ4v) is 4.36. The first kappa shape index (κ1) is 15.4. The van der Waals surface area contributed by atoms with Gasteiger partial charge in [-0.25, -0.2) is 8.42 Å². The van der Waals surface area contributed by atoms with Gasteiger partial charge in [-0.15, -0.1) is 0 Å². The van der Waals surface area contributed by atoms with Crippen LogP contribution in [-0.4, -0.2) is 48.6 Å². The first-order chi connectivity index (χ1) is 9.39. The van der Waals surface area contributed by atoms with Gasteiger partial charge >= 0.3 is 0 Å². The number of carbonyl (C=O) groups is 1. The third kappa shape index (κ3) is 3.76. The predicted molar refractivity (Wildman–Crippen MR) is 82.7 cm³/mol. The van der Waals surface area contributed by atoms with Crippen LogP contribution in [0.3, 0.4) is 0 Å². The van der Waals surface area contributed by atoms with Crippen molar-refractivity contribution in [3.05, 3.63) is 35.9 Å². The minimum absolute atomic E-state index is 0.0462. The van der Waals surface area contributed by atoms with Gasteiger partial charge in [0.05, 0.1) is 16.8 Å². The van der Waals surface area contributed by atoms with E-state index in [1.54, 1.807) is 11.8 Å². The lowest BCUT2D eigenvalue weighted by Gasteiger charge is -2.34. The molecule has 1 aromatic rings. The SMILES string of the molecule is CC1CS(=O)(=O)CCN1C(=O)C(S)Cc1ccccc1. The first-order valence-electron chi connectivity index (χ1n) is 6.62. The zero-order chi connectivity index (χ0) is 14.8. The van der Waals surface area contributed by atoms with Crippen LogP contribution in [0.5, 0.6) is 0 Å². The number of thiol groups is 1. The van der Waals surface area contributed by atoms with E-state index >= 15 is 0 Å². The van der Waals surface area contributed by atoms with Gasteiger partial charge in [0, 0.05) is 12.6 Å². The van der Waals surface area contributed by atoms with Gasteiger partial charge < -0.3 is 4.90 Å². The molecule has 0 N–H and O–H groups in total. The molecule has 2 rings (SSSR count). The summed E-state index contributed by atoms with van der Waals surface area (Å²) in [7, 11) is -3.00. The van der Waals surface area contributed by atoms with Crippen molar-refractivity contribution in [1.29, 1.82) is 0 Å². The van der Waals surface area contributed by atoms with Crippen LogP contribution in [0.15, 0.2) is 30.3 Å². The summed E-state index contributed by atoms with van der Waals surface area (Å²) in [5.74, 6) is 0.0130. The number of benzene rings is 1. The molecule has 4 nitrogen and oxygen atoms in total. The van der Waals surface area contributed by atoms with Crippen molar-refractivity contribution in [2.75, 3.05) is 18.1 Å². The minimum atomic E-state index is -3.00. The zero-order valence-corrected chi connectivity index (χ0v) is 13.1. The summed E-state index contributed by atoms with van der Waals surface area (Å²) in [6, 6.07) is 9.43. The summed E-state index contributed by atoms with van der Waals surface area (Å²) < 4.78 is 23.1. The molecule has 1 aliphatic rings. The molecule has 1 aromatic carbocycles. The molecule has 0 saturated carbocycles. The van der Waals surface area contributed by atoms with E-state index in [9.17, 15) is 13.2 Å². The Balaban J connectivity index is 2.00. The van der Waals surface area contributed by atoms with E-state index in [0.717, 1.165) is 5.56 Å². The second-order valence-corrected chi connectivity index (χ2v) is 8.05.